The van der Waals surface area contributed by atoms with Crippen molar-refractivity contribution in [1.82, 2.24) is 24.5 Å². The topological polar surface area (TPSA) is 74.8 Å². The molecule has 2 heterocycles. The van der Waals surface area contributed by atoms with Gasteiger partial charge in [0.15, 0.2) is 16.8 Å². The van der Waals surface area contributed by atoms with Crippen molar-refractivity contribution in [2.45, 2.75) is 5.16 Å². The van der Waals surface area contributed by atoms with Gasteiger partial charge in [-0.05, 0) is 24.3 Å². The summed E-state index contributed by atoms with van der Waals surface area (Å²) in [5, 5.41) is 13.8. The number of carbonyl (C=O) groups is 1. The fourth-order valence-electron chi connectivity index (χ4n) is 2.30. The lowest BCUT2D eigenvalue weighted by molar-refractivity contribution is 0.102. The summed E-state index contributed by atoms with van der Waals surface area (Å²) in [5.41, 5.74) is 1.36. The van der Waals surface area contributed by atoms with Gasteiger partial charge in [-0.1, -0.05) is 23.4 Å². The third kappa shape index (κ3) is 3.69. The Kier molecular flexibility index (Phi) is 5.10. The maximum atomic E-state index is 12.3. The minimum atomic E-state index is 0.00479. The van der Waals surface area contributed by atoms with Crippen molar-refractivity contribution in [2.75, 3.05) is 12.9 Å². The molecule has 1 aromatic carbocycles. The number of thioether (sulfide) groups is 1. The van der Waals surface area contributed by atoms with Gasteiger partial charge in [-0.2, -0.15) is 0 Å². The minimum Gasteiger partial charge on any atom is -0.479 e. The molecule has 0 amide bonds. The fraction of sp³-hybridized carbons (Fsp3) is 0.250. The largest absolute Gasteiger partial charge is 0.479 e. The number of halogens is 1. The van der Waals surface area contributed by atoms with Crippen molar-refractivity contribution in [3.63, 3.8) is 0 Å². The number of aryl methyl sites for hydroxylation is 1. The average molecular weight is 378 g/mol. The predicted octanol–water partition coefficient (Wildman–Crippen LogP) is 2.85. The second kappa shape index (κ2) is 7.28. The molecule has 9 heteroatoms. The van der Waals surface area contributed by atoms with E-state index < -0.39 is 0 Å². The van der Waals surface area contributed by atoms with Crippen molar-refractivity contribution < 1.29 is 9.53 Å². The zero-order chi connectivity index (χ0) is 18.0. The second-order valence-corrected chi connectivity index (χ2v) is 6.69. The van der Waals surface area contributed by atoms with Crippen LogP contribution in [0.3, 0.4) is 0 Å². The Balaban J connectivity index is 1.75. The number of methoxy groups -OCH3 is 1. The molecule has 2 aromatic heterocycles. The van der Waals surface area contributed by atoms with Gasteiger partial charge in [0, 0.05) is 30.9 Å². The van der Waals surface area contributed by atoms with Crippen LogP contribution in [0.15, 0.2) is 35.6 Å². The van der Waals surface area contributed by atoms with Gasteiger partial charge >= 0.3 is 0 Å². The Morgan fingerprint density at radius 1 is 1.24 bits per heavy atom. The molecule has 0 saturated carbocycles. The molecular weight excluding hydrogens is 362 g/mol. The number of benzene rings is 1. The Morgan fingerprint density at radius 2 is 1.96 bits per heavy atom. The van der Waals surface area contributed by atoms with Crippen molar-refractivity contribution in [3.05, 3.63) is 41.0 Å². The van der Waals surface area contributed by atoms with Crippen LogP contribution in [0.5, 0.6) is 5.88 Å². The highest BCUT2D eigenvalue weighted by atomic mass is 35.5. The van der Waals surface area contributed by atoms with Crippen LogP contribution in [-0.4, -0.2) is 43.2 Å². The van der Waals surface area contributed by atoms with E-state index in [1.54, 1.807) is 36.1 Å². The summed E-state index contributed by atoms with van der Waals surface area (Å²) in [6.45, 7) is 0. The lowest BCUT2D eigenvalue weighted by Crippen LogP contribution is -2.03. The van der Waals surface area contributed by atoms with E-state index in [0.717, 1.165) is 5.56 Å². The third-order valence-corrected chi connectivity index (χ3v) is 4.83. The van der Waals surface area contributed by atoms with Crippen LogP contribution in [0.4, 0.5) is 0 Å². The highest BCUT2D eigenvalue weighted by Gasteiger charge is 2.19. The summed E-state index contributed by atoms with van der Waals surface area (Å²) in [6.07, 6.45) is 1.82. The highest BCUT2D eigenvalue weighted by molar-refractivity contribution is 7.99. The summed E-state index contributed by atoms with van der Waals surface area (Å²) in [7, 11) is 5.21. The lowest BCUT2D eigenvalue weighted by Gasteiger charge is -2.04. The van der Waals surface area contributed by atoms with Crippen LogP contribution in [0, 0.1) is 0 Å². The lowest BCUT2D eigenvalue weighted by atomic mass is 10.1. The molecule has 0 fully saturated rings. The number of Topliss-reactive ketones (excluding diaryl/α,β-unsaturated/α-hetero) is 1. The standard InChI is InChI=1S/C16H16ClN5O2S/c1-21-8-12(15(20-21)24-3)14-18-19-16(22(14)2)25-9-13(23)10-4-6-11(17)7-5-10/h4-8H,9H2,1-3H3. The molecule has 0 aliphatic heterocycles. The van der Waals surface area contributed by atoms with Crippen molar-refractivity contribution in [2.24, 2.45) is 14.1 Å². The fourth-order valence-corrected chi connectivity index (χ4v) is 3.23. The molecule has 0 N–H and O–H groups in total. The highest BCUT2D eigenvalue weighted by Crippen LogP contribution is 2.29. The number of carbonyl (C=O) groups excluding carboxylic acids is 1. The summed E-state index contributed by atoms with van der Waals surface area (Å²) in [6, 6.07) is 6.84. The van der Waals surface area contributed by atoms with Crippen LogP contribution in [0.25, 0.3) is 11.4 Å². The molecule has 0 bridgehead atoms. The molecule has 3 rings (SSSR count). The molecule has 0 aliphatic carbocycles. The molecule has 0 unspecified atom stereocenters. The number of rotatable bonds is 6. The molecular formula is C16H16ClN5O2S. The van der Waals surface area contributed by atoms with Gasteiger partial charge in [-0.15, -0.1) is 15.3 Å². The number of ether oxygens (including phenoxy) is 1. The van der Waals surface area contributed by atoms with E-state index in [-0.39, 0.29) is 11.5 Å². The molecule has 3 aromatic rings. The SMILES string of the molecule is COc1nn(C)cc1-c1nnc(SCC(=O)c2ccc(Cl)cc2)n1C. The molecule has 0 aliphatic rings. The van der Waals surface area contributed by atoms with Gasteiger partial charge in [-0.25, -0.2) is 0 Å². The van der Waals surface area contributed by atoms with E-state index in [1.165, 1.54) is 11.8 Å². The molecule has 0 spiro atoms. The maximum Gasteiger partial charge on any atom is 0.243 e. The Labute approximate surface area is 154 Å². The van der Waals surface area contributed by atoms with Crippen LogP contribution in [0.2, 0.25) is 5.02 Å². The molecule has 25 heavy (non-hydrogen) atoms. The van der Waals surface area contributed by atoms with E-state index >= 15 is 0 Å². The number of aromatic nitrogens is 5. The smallest absolute Gasteiger partial charge is 0.243 e. The summed E-state index contributed by atoms with van der Waals surface area (Å²) < 4.78 is 8.74. The van der Waals surface area contributed by atoms with E-state index in [2.05, 4.69) is 15.3 Å². The Morgan fingerprint density at radius 3 is 2.64 bits per heavy atom. The summed E-state index contributed by atoms with van der Waals surface area (Å²) in [4.78, 5) is 12.3. The van der Waals surface area contributed by atoms with Gasteiger partial charge in [0.05, 0.1) is 12.9 Å². The van der Waals surface area contributed by atoms with E-state index in [9.17, 15) is 4.79 Å². The first kappa shape index (κ1) is 17.5. The average Bonchev–Trinajstić information content (AvgIpc) is 3.15. The molecule has 0 radical (unpaired) electrons. The second-order valence-electron chi connectivity index (χ2n) is 5.31. The first-order valence-electron chi connectivity index (χ1n) is 7.38. The Hall–Kier alpha value is -2.32. The van der Waals surface area contributed by atoms with Gasteiger partial charge in [0.25, 0.3) is 0 Å². The van der Waals surface area contributed by atoms with Crippen molar-refractivity contribution in [3.8, 4) is 17.3 Å². The summed E-state index contributed by atoms with van der Waals surface area (Å²) in [5.74, 6) is 1.38. The van der Waals surface area contributed by atoms with Crippen LogP contribution >= 0.6 is 23.4 Å². The molecule has 0 saturated heterocycles. The third-order valence-electron chi connectivity index (χ3n) is 3.56. The van der Waals surface area contributed by atoms with E-state index in [1.807, 2.05) is 24.9 Å². The van der Waals surface area contributed by atoms with Crippen molar-refractivity contribution >= 4 is 29.1 Å². The number of hydrogen-bond donors (Lipinski definition) is 0. The maximum absolute atomic E-state index is 12.3. The van der Waals surface area contributed by atoms with Gasteiger partial charge in [-0.3, -0.25) is 9.48 Å². The first-order valence-corrected chi connectivity index (χ1v) is 8.75. The predicted molar refractivity (Wildman–Crippen MR) is 96.3 cm³/mol. The molecule has 0 atom stereocenters. The van der Waals surface area contributed by atoms with Gasteiger partial charge < -0.3 is 9.30 Å². The first-order chi connectivity index (χ1) is 12.0. The van der Waals surface area contributed by atoms with Crippen LogP contribution in [0.1, 0.15) is 10.4 Å². The zero-order valence-electron chi connectivity index (χ0n) is 13.9. The van der Waals surface area contributed by atoms with Crippen molar-refractivity contribution in [1.29, 1.82) is 0 Å². The quantitative estimate of drug-likeness (QED) is 0.485. The number of nitrogens with zero attached hydrogens (tertiary/aromatic N) is 5. The van der Waals surface area contributed by atoms with E-state index in [0.29, 0.717) is 27.4 Å². The minimum absolute atomic E-state index is 0.00479. The van der Waals surface area contributed by atoms with Gasteiger partial charge in [0.1, 0.15) is 5.56 Å². The van der Waals surface area contributed by atoms with Crippen LogP contribution in [-0.2, 0) is 14.1 Å². The number of ketones is 1. The Bertz CT molecular complexity index is 904. The molecule has 7 nitrogen and oxygen atoms in total. The summed E-state index contributed by atoms with van der Waals surface area (Å²) >= 11 is 7.17. The van der Waals surface area contributed by atoms with Crippen LogP contribution < -0.4 is 4.74 Å². The zero-order valence-corrected chi connectivity index (χ0v) is 15.5. The molecule has 130 valence electrons. The normalized spacial score (nSPS) is 10.9. The van der Waals surface area contributed by atoms with Gasteiger partial charge in [0.2, 0.25) is 5.88 Å². The monoisotopic (exact) mass is 377 g/mol. The van der Waals surface area contributed by atoms with E-state index in [4.69, 9.17) is 16.3 Å². The number of hydrogen-bond acceptors (Lipinski definition) is 6.